The van der Waals surface area contributed by atoms with Crippen molar-refractivity contribution in [3.8, 4) is 5.75 Å². The molecule has 3 aromatic rings. The summed E-state index contributed by atoms with van der Waals surface area (Å²) in [5.41, 5.74) is 7.37. The maximum absolute atomic E-state index is 5.92. The Kier molecular flexibility index (Phi) is 6.66. The van der Waals surface area contributed by atoms with Crippen LogP contribution in [0.25, 0.3) is 11.2 Å². The fourth-order valence-electron chi connectivity index (χ4n) is 2.37. The van der Waals surface area contributed by atoms with Crippen LogP contribution in [0, 0.1) is 0 Å². The number of hydrogen-bond acceptors (Lipinski definition) is 7. The lowest BCUT2D eigenvalue weighted by molar-refractivity contribution is 0.173. The molecule has 26 heavy (non-hydrogen) atoms. The van der Waals surface area contributed by atoms with Gasteiger partial charge in [0.1, 0.15) is 16.3 Å². The van der Waals surface area contributed by atoms with Crippen LogP contribution in [0.15, 0.2) is 40.5 Å². The van der Waals surface area contributed by atoms with E-state index >= 15 is 0 Å². The molecule has 9 heteroatoms. The molecule has 138 valence electrons. The lowest BCUT2D eigenvalue weighted by atomic mass is 10.3. The van der Waals surface area contributed by atoms with E-state index in [1.54, 1.807) is 6.33 Å². The van der Waals surface area contributed by atoms with Crippen molar-refractivity contribution in [3.05, 3.63) is 30.6 Å². The van der Waals surface area contributed by atoms with Gasteiger partial charge < -0.3 is 19.8 Å². The number of rotatable bonds is 9. The van der Waals surface area contributed by atoms with Gasteiger partial charge in [0, 0.05) is 11.4 Å². The molecule has 0 aliphatic rings. The summed E-state index contributed by atoms with van der Waals surface area (Å²) in [6.07, 6.45) is 3.31. The minimum Gasteiger partial charge on any atom is -0.494 e. The molecule has 1 unspecified atom stereocenters. The number of benzene rings is 1. The molecule has 0 saturated heterocycles. The van der Waals surface area contributed by atoms with Crippen LogP contribution in [-0.2, 0) is 11.3 Å². The first kappa shape index (κ1) is 18.9. The van der Waals surface area contributed by atoms with Crippen LogP contribution in [0.5, 0.6) is 5.75 Å². The van der Waals surface area contributed by atoms with Crippen molar-refractivity contribution in [2.45, 2.75) is 29.8 Å². The summed E-state index contributed by atoms with van der Waals surface area (Å²) in [6, 6.07) is 7.92. The molecule has 0 fully saturated rings. The highest BCUT2D eigenvalue weighted by Gasteiger charge is 2.14. The highest BCUT2D eigenvalue weighted by molar-refractivity contribution is 7.99. The van der Waals surface area contributed by atoms with E-state index < -0.39 is 0 Å². The van der Waals surface area contributed by atoms with Crippen molar-refractivity contribution < 1.29 is 9.47 Å². The van der Waals surface area contributed by atoms with Gasteiger partial charge in [0.15, 0.2) is 5.65 Å². The van der Waals surface area contributed by atoms with Crippen LogP contribution in [0.4, 0.5) is 5.95 Å². The summed E-state index contributed by atoms with van der Waals surface area (Å²) in [5.74, 6) is 1.07. The fraction of sp³-hybridized carbons (Fsp3) is 0.353. The average Bonchev–Trinajstić information content (AvgIpc) is 3.03. The zero-order valence-corrected chi connectivity index (χ0v) is 16.6. The number of nitrogen functional groups attached to an aromatic ring is 1. The summed E-state index contributed by atoms with van der Waals surface area (Å²) < 4.78 is 13.0. The summed E-state index contributed by atoms with van der Waals surface area (Å²) in [7, 11) is 2.53. The van der Waals surface area contributed by atoms with Crippen LogP contribution in [0.1, 0.15) is 13.3 Å². The SMILES string of the molecule is CCCOc1cccc(Sc2nc(N)nc3c2ncn3CCOCP)c1. The number of nitrogens with two attached hydrogens (primary N) is 1. The number of nitrogens with zero attached hydrogens (tertiary/aromatic N) is 4. The smallest absolute Gasteiger partial charge is 0.223 e. The molecular weight excluding hydrogens is 369 g/mol. The molecule has 0 aliphatic carbocycles. The second-order valence-electron chi connectivity index (χ2n) is 5.50. The van der Waals surface area contributed by atoms with E-state index in [9.17, 15) is 0 Å². The van der Waals surface area contributed by atoms with E-state index in [4.69, 9.17) is 15.2 Å². The monoisotopic (exact) mass is 391 g/mol. The molecule has 0 saturated carbocycles. The van der Waals surface area contributed by atoms with E-state index in [0.29, 0.717) is 31.8 Å². The van der Waals surface area contributed by atoms with Crippen molar-refractivity contribution >= 4 is 38.1 Å². The predicted octanol–water partition coefficient (Wildman–Crippen LogP) is 3.20. The molecule has 0 amide bonds. The van der Waals surface area contributed by atoms with Gasteiger partial charge in [0.25, 0.3) is 0 Å². The highest BCUT2D eigenvalue weighted by Crippen LogP contribution is 2.33. The minimum absolute atomic E-state index is 0.229. The minimum atomic E-state index is 0.229. The van der Waals surface area contributed by atoms with Crippen LogP contribution < -0.4 is 10.5 Å². The van der Waals surface area contributed by atoms with Gasteiger partial charge in [-0.3, -0.25) is 0 Å². The molecule has 2 aromatic heterocycles. The molecule has 1 aromatic carbocycles. The van der Waals surface area contributed by atoms with Gasteiger partial charge in [-0.05, 0) is 24.6 Å². The molecule has 2 heterocycles. The summed E-state index contributed by atoms with van der Waals surface area (Å²) in [4.78, 5) is 14.2. The molecule has 0 spiro atoms. The molecule has 0 aliphatic heterocycles. The molecule has 7 nitrogen and oxygen atoms in total. The maximum Gasteiger partial charge on any atom is 0.223 e. The number of anilines is 1. The maximum atomic E-state index is 5.92. The Bertz CT molecular complexity index is 873. The van der Waals surface area contributed by atoms with Gasteiger partial charge in [-0.15, -0.1) is 9.24 Å². The standard InChI is InChI=1S/C17H22N5O2PS/c1-2-7-24-12-4-3-5-13(9-12)26-16-14-15(20-17(18)21-16)22(10-19-14)6-8-23-11-25/h3-5,9-10H,2,6-8,11,25H2,1H3,(H2,18,20,21). The van der Waals surface area contributed by atoms with Gasteiger partial charge in [0.2, 0.25) is 5.95 Å². The van der Waals surface area contributed by atoms with Gasteiger partial charge in [-0.25, -0.2) is 9.97 Å². The summed E-state index contributed by atoms with van der Waals surface area (Å²) >= 11 is 1.50. The number of aromatic nitrogens is 4. The molecule has 0 bridgehead atoms. The lowest BCUT2D eigenvalue weighted by Crippen LogP contribution is -2.06. The predicted molar refractivity (Wildman–Crippen MR) is 107 cm³/mol. The molecular formula is C17H22N5O2PS. The first-order valence-corrected chi connectivity index (χ1v) is 10.0. The van der Waals surface area contributed by atoms with Gasteiger partial charge >= 0.3 is 0 Å². The van der Waals surface area contributed by atoms with E-state index in [1.165, 1.54) is 11.8 Å². The Morgan fingerprint density at radius 2 is 2.15 bits per heavy atom. The zero-order valence-electron chi connectivity index (χ0n) is 14.6. The van der Waals surface area contributed by atoms with Gasteiger partial charge in [0.05, 0.1) is 25.9 Å². The molecule has 1 atom stereocenters. The Hall–Kier alpha value is -1.89. The second kappa shape index (κ2) is 9.16. The third-order valence-electron chi connectivity index (χ3n) is 3.54. The highest BCUT2D eigenvalue weighted by atomic mass is 32.2. The van der Waals surface area contributed by atoms with Crippen molar-refractivity contribution in [2.75, 3.05) is 25.3 Å². The van der Waals surface area contributed by atoms with Gasteiger partial charge in [-0.2, -0.15) is 4.98 Å². The number of ether oxygens (including phenoxy) is 2. The Balaban J connectivity index is 1.86. The van der Waals surface area contributed by atoms with Crippen molar-refractivity contribution in [3.63, 3.8) is 0 Å². The van der Waals surface area contributed by atoms with Crippen LogP contribution >= 0.6 is 21.0 Å². The summed E-state index contributed by atoms with van der Waals surface area (Å²) in [5, 5.41) is 0.728. The number of imidazole rings is 1. The Morgan fingerprint density at radius 3 is 2.96 bits per heavy atom. The topological polar surface area (TPSA) is 88.1 Å². The molecule has 2 N–H and O–H groups in total. The molecule has 0 radical (unpaired) electrons. The normalized spacial score (nSPS) is 11.2. The number of fused-ring (bicyclic) bond motifs is 1. The third kappa shape index (κ3) is 4.63. The number of hydrogen-bond donors (Lipinski definition) is 1. The van der Waals surface area contributed by atoms with Crippen molar-refractivity contribution in [1.82, 2.24) is 19.5 Å². The zero-order chi connectivity index (χ0) is 18.4. The third-order valence-corrected chi connectivity index (χ3v) is 4.74. The van der Waals surface area contributed by atoms with Crippen LogP contribution in [0.2, 0.25) is 0 Å². The first-order valence-electron chi connectivity index (χ1n) is 8.38. The largest absolute Gasteiger partial charge is 0.494 e. The van der Waals surface area contributed by atoms with Crippen molar-refractivity contribution in [1.29, 1.82) is 0 Å². The molecule has 3 rings (SSSR count). The van der Waals surface area contributed by atoms with E-state index in [2.05, 4.69) is 31.1 Å². The first-order chi connectivity index (χ1) is 12.7. The Morgan fingerprint density at radius 1 is 1.27 bits per heavy atom. The quantitative estimate of drug-likeness (QED) is 0.340. The van der Waals surface area contributed by atoms with Crippen molar-refractivity contribution in [2.24, 2.45) is 0 Å². The van der Waals surface area contributed by atoms with E-state index in [-0.39, 0.29) is 5.95 Å². The van der Waals surface area contributed by atoms with Crippen LogP contribution in [-0.4, -0.2) is 39.1 Å². The van der Waals surface area contributed by atoms with E-state index in [1.807, 2.05) is 28.8 Å². The summed E-state index contributed by atoms with van der Waals surface area (Å²) in [6.45, 7) is 4.02. The van der Waals surface area contributed by atoms with Crippen LogP contribution in [0.3, 0.4) is 0 Å². The Labute approximate surface area is 158 Å². The lowest BCUT2D eigenvalue weighted by Gasteiger charge is -2.08. The van der Waals surface area contributed by atoms with Gasteiger partial charge in [-0.1, -0.05) is 24.8 Å². The average molecular weight is 391 g/mol. The second-order valence-corrected chi connectivity index (χ2v) is 6.89. The van der Waals surface area contributed by atoms with E-state index in [0.717, 1.165) is 27.6 Å². The fourth-order valence-corrected chi connectivity index (χ4v) is 3.47.